The Balaban J connectivity index is 1.46. The number of piperidine rings is 1. The van der Waals surface area contributed by atoms with E-state index in [4.69, 9.17) is 4.98 Å². The van der Waals surface area contributed by atoms with Crippen LogP contribution in [-0.2, 0) is 15.6 Å². The summed E-state index contributed by atoms with van der Waals surface area (Å²) in [6.45, 7) is 6.85. The Morgan fingerprint density at radius 1 is 1.19 bits per heavy atom. The van der Waals surface area contributed by atoms with Crippen molar-refractivity contribution in [3.63, 3.8) is 0 Å². The standard InChI is InChI=1S/C19H28N4O2S/c1-13-3-2-6-23(8-13)19-20-7-15-12-26(24,25)17-11-22(9-14-4-5-14)10-16(17)18(15)21-19/h7,13-14,16-17H,2-6,8-12H2,1H3/t13-,16+,17-/m1/s1. The lowest BCUT2D eigenvalue weighted by atomic mass is 9.99. The van der Waals surface area contributed by atoms with Crippen molar-refractivity contribution in [3.05, 3.63) is 17.5 Å². The molecule has 26 heavy (non-hydrogen) atoms. The Morgan fingerprint density at radius 2 is 2.04 bits per heavy atom. The summed E-state index contributed by atoms with van der Waals surface area (Å²) in [6.07, 6.45) is 6.83. The molecule has 0 N–H and O–H groups in total. The van der Waals surface area contributed by atoms with E-state index in [2.05, 4.69) is 21.7 Å². The molecule has 3 atom stereocenters. The summed E-state index contributed by atoms with van der Waals surface area (Å²) in [5.74, 6) is 2.38. The highest BCUT2D eigenvalue weighted by Gasteiger charge is 2.48. The quantitative estimate of drug-likeness (QED) is 0.802. The van der Waals surface area contributed by atoms with Gasteiger partial charge in [-0.15, -0.1) is 0 Å². The number of likely N-dealkylation sites (tertiary alicyclic amines) is 1. The van der Waals surface area contributed by atoms with Crippen LogP contribution in [0.4, 0.5) is 5.95 Å². The third kappa shape index (κ3) is 3.03. The van der Waals surface area contributed by atoms with E-state index >= 15 is 0 Å². The second-order valence-electron chi connectivity index (χ2n) is 8.89. The smallest absolute Gasteiger partial charge is 0.225 e. The van der Waals surface area contributed by atoms with E-state index in [1.165, 1.54) is 25.7 Å². The molecule has 0 radical (unpaired) electrons. The average Bonchev–Trinajstić information content (AvgIpc) is 3.30. The molecule has 1 aromatic rings. The van der Waals surface area contributed by atoms with E-state index < -0.39 is 9.84 Å². The predicted octanol–water partition coefficient (Wildman–Crippen LogP) is 1.82. The van der Waals surface area contributed by atoms with Crippen molar-refractivity contribution >= 4 is 15.8 Å². The van der Waals surface area contributed by atoms with Crippen molar-refractivity contribution in [2.75, 3.05) is 37.6 Å². The summed E-state index contributed by atoms with van der Waals surface area (Å²) < 4.78 is 25.6. The van der Waals surface area contributed by atoms with Crippen LogP contribution in [0.5, 0.6) is 0 Å². The van der Waals surface area contributed by atoms with Crippen LogP contribution in [0.3, 0.4) is 0 Å². The molecule has 0 spiro atoms. The van der Waals surface area contributed by atoms with Gasteiger partial charge in [-0.05, 0) is 37.5 Å². The zero-order valence-corrected chi connectivity index (χ0v) is 16.3. The molecular weight excluding hydrogens is 348 g/mol. The van der Waals surface area contributed by atoms with Crippen molar-refractivity contribution in [2.24, 2.45) is 11.8 Å². The molecule has 1 aromatic heterocycles. The highest BCUT2D eigenvalue weighted by Crippen LogP contribution is 2.41. The summed E-state index contributed by atoms with van der Waals surface area (Å²) in [5.41, 5.74) is 1.83. The topological polar surface area (TPSA) is 66.4 Å². The number of aromatic nitrogens is 2. The third-order valence-corrected chi connectivity index (χ3v) is 8.66. The molecule has 1 aliphatic carbocycles. The molecule has 0 unspecified atom stereocenters. The molecule has 6 nitrogen and oxygen atoms in total. The number of sulfone groups is 1. The van der Waals surface area contributed by atoms with Crippen LogP contribution >= 0.6 is 0 Å². The number of rotatable bonds is 3. The van der Waals surface area contributed by atoms with Crippen molar-refractivity contribution in [1.29, 1.82) is 0 Å². The van der Waals surface area contributed by atoms with E-state index in [1.54, 1.807) is 6.20 Å². The van der Waals surface area contributed by atoms with Gasteiger partial charge in [0.25, 0.3) is 0 Å². The Hall–Kier alpha value is -1.21. The third-order valence-electron chi connectivity index (χ3n) is 6.55. The molecule has 2 saturated heterocycles. The molecule has 0 aromatic carbocycles. The van der Waals surface area contributed by atoms with Gasteiger partial charge in [0.2, 0.25) is 5.95 Å². The normalized spacial score (nSPS) is 33.7. The van der Waals surface area contributed by atoms with Gasteiger partial charge in [-0.25, -0.2) is 18.4 Å². The van der Waals surface area contributed by atoms with Crippen LogP contribution in [0.1, 0.15) is 49.8 Å². The molecule has 0 amide bonds. The molecular formula is C19H28N4O2S. The van der Waals surface area contributed by atoms with E-state index in [0.717, 1.165) is 49.3 Å². The first-order valence-electron chi connectivity index (χ1n) is 10.0. The molecule has 142 valence electrons. The van der Waals surface area contributed by atoms with E-state index in [-0.39, 0.29) is 16.9 Å². The minimum absolute atomic E-state index is 0.0199. The monoisotopic (exact) mass is 376 g/mol. The van der Waals surface area contributed by atoms with Gasteiger partial charge in [0.1, 0.15) is 0 Å². The lowest BCUT2D eigenvalue weighted by Crippen LogP contribution is -2.38. The van der Waals surface area contributed by atoms with Crippen molar-refractivity contribution in [1.82, 2.24) is 14.9 Å². The Labute approximate surface area is 155 Å². The molecule has 3 fully saturated rings. The fourth-order valence-corrected chi connectivity index (χ4v) is 7.01. The molecule has 5 rings (SSSR count). The van der Waals surface area contributed by atoms with E-state index in [0.29, 0.717) is 12.5 Å². The molecule has 3 aliphatic heterocycles. The highest BCUT2D eigenvalue weighted by molar-refractivity contribution is 7.91. The Bertz CT molecular complexity index is 808. The van der Waals surface area contributed by atoms with Gasteiger partial charge in [0.15, 0.2) is 9.84 Å². The molecule has 4 aliphatic rings. The van der Waals surface area contributed by atoms with Crippen LogP contribution < -0.4 is 4.90 Å². The van der Waals surface area contributed by atoms with Crippen molar-refractivity contribution in [2.45, 2.75) is 49.5 Å². The van der Waals surface area contributed by atoms with Gasteiger partial charge in [-0.2, -0.15) is 0 Å². The van der Waals surface area contributed by atoms with E-state index in [1.807, 2.05) is 0 Å². The van der Waals surface area contributed by atoms with Gasteiger partial charge in [-0.1, -0.05) is 6.92 Å². The zero-order valence-electron chi connectivity index (χ0n) is 15.5. The maximum atomic E-state index is 12.8. The highest BCUT2D eigenvalue weighted by atomic mass is 32.2. The molecule has 1 saturated carbocycles. The van der Waals surface area contributed by atoms with Gasteiger partial charge in [-0.3, -0.25) is 0 Å². The van der Waals surface area contributed by atoms with Crippen LogP contribution in [0.2, 0.25) is 0 Å². The SMILES string of the molecule is C[C@@H]1CCCN(c2ncc3c(n2)[C@H]2CN(CC4CC4)C[C@H]2S(=O)(=O)C3)C1. The molecule has 0 bridgehead atoms. The summed E-state index contributed by atoms with van der Waals surface area (Å²) in [6, 6.07) is 0. The number of nitrogens with zero attached hydrogens (tertiary/aromatic N) is 4. The van der Waals surface area contributed by atoms with Gasteiger partial charge in [0.05, 0.1) is 16.7 Å². The predicted molar refractivity (Wildman–Crippen MR) is 101 cm³/mol. The van der Waals surface area contributed by atoms with Gasteiger partial charge < -0.3 is 9.80 Å². The maximum absolute atomic E-state index is 12.8. The van der Waals surface area contributed by atoms with Crippen LogP contribution in [0.25, 0.3) is 0 Å². The number of hydrogen-bond acceptors (Lipinski definition) is 6. The second kappa shape index (κ2) is 6.16. The number of hydrogen-bond donors (Lipinski definition) is 0. The summed E-state index contributed by atoms with van der Waals surface area (Å²) in [7, 11) is -3.10. The minimum Gasteiger partial charge on any atom is -0.341 e. The first-order chi connectivity index (χ1) is 12.5. The lowest BCUT2D eigenvalue weighted by molar-refractivity contribution is 0.320. The summed E-state index contributed by atoms with van der Waals surface area (Å²) >= 11 is 0. The summed E-state index contributed by atoms with van der Waals surface area (Å²) in [5, 5.41) is -0.281. The van der Waals surface area contributed by atoms with Crippen LogP contribution in [0, 0.1) is 11.8 Å². The largest absolute Gasteiger partial charge is 0.341 e. The van der Waals surface area contributed by atoms with Crippen molar-refractivity contribution in [3.8, 4) is 0 Å². The lowest BCUT2D eigenvalue weighted by Gasteiger charge is -2.32. The summed E-state index contributed by atoms with van der Waals surface area (Å²) in [4.78, 5) is 14.1. The zero-order chi connectivity index (χ0) is 17.9. The molecule has 4 heterocycles. The first kappa shape index (κ1) is 16.9. The number of fused-ring (bicyclic) bond motifs is 3. The van der Waals surface area contributed by atoms with E-state index in [9.17, 15) is 8.42 Å². The van der Waals surface area contributed by atoms with Crippen molar-refractivity contribution < 1.29 is 8.42 Å². The fourth-order valence-electron chi connectivity index (χ4n) is 4.98. The van der Waals surface area contributed by atoms with Crippen LogP contribution in [-0.4, -0.2) is 61.3 Å². The second-order valence-corrected chi connectivity index (χ2v) is 11.1. The fraction of sp³-hybridized carbons (Fsp3) is 0.789. The Morgan fingerprint density at radius 3 is 2.81 bits per heavy atom. The number of anilines is 1. The maximum Gasteiger partial charge on any atom is 0.225 e. The Kier molecular flexibility index (Phi) is 4.01. The minimum atomic E-state index is -3.10. The van der Waals surface area contributed by atoms with Crippen LogP contribution in [0.15, 0.2) is 6.20 Å². The molecule has 7 heteroatoms. The first-order valence-corrected chi connectivity index (χ1v) is 11.8. The van der Waals surface area contributed by atoms with Gasteiger partial charge in [0, 0.05) is 50.4 Å². The van der Waals surface area contributed by atoms with Gasteiger partial charge >= 0.3 is 0 Å². The average molecular weight is 377 g/mol.